The molecule has 1 saturated carbocycles. The summed E-state index contributed by atoms with van der Waals surface area (Å²) in [6.45, 7) is 1.23. The molecule has 0 radical (unpaired) electrons. The van der Waals surface area contributed by atoms with Crippen LogP contribution in [0.1, 0.15) is 59.6 Å². The van der Waals surface area contributed by atoms with Gasteiger partial charge < -0.3 is 9.84 Å². The molecular weight excluding hydrogens is 344 g/mol. The second-order valence-electron chi connectivity index (χ2n) is 6.80. The topological polar surface area (TPSA) is 92.3 Å². The number of hydrogen-bond donors (Lipinski definition) is 1. The normalized spacial score (nSPS) is 14.5. The number of aromatic nitrogens is 1. The highest BCUT2D eigenvalue weighted by Crippen LogP contribution is 2.33. The van der Waals surface area contributed by atoms with E-state index in [4.69, 9.17) is 4.74 Å². The first-order chi connectivity index (χ1) is 13.0. The van der Waals surface area contributed by atoms with E-state index in [0.29, 0.717) is 5.75 Å². The Balaban J connectivity index is 1.99. The Morgan fingerprint density at radius 1 is 1.26 bits per heavy atom. The third-order valence-electron chi connectivity index (χ3n) is 5.08. The molecule has 1 aromatic heterocycles. The number of hydrogen-bond acceptors (Lipinski definition) is 5. The van der Waals surface area contributed by atoms with Gasteiger partial charge in [0.2, 0.25) is 11.7 Å². The SMILES string of the molecule is Cc1c(C(=O)COc2ccccc2)c(O)n(C2CCCCC2)c(=O)c1C#N. The smallest absolute Gasteiger partial charge is 0.271 e. The molecule has 1 aliphatic rings. The lowest BCUT2D eigenvalue weighted by molar-refractivity contribution is 0.0915. The van der Waals surface area contributed by atoms with Crippen molar-refractivity contribution in [2.45, 2.75) is 45.1 Å². The van der Waals surface area contributed by atoms with Gasteiger partial charge in [0.25, 0.3) is 5.56 Å². The van der Waals surface area contributed by atoms with Crippen LogP contribution in [0.4, 0.5) is 0 Å². The van der Waals surface area contributed by atoms with Crippen LogP contribution in [-0.4, -0.2) is 22.1 Å². The summed E-state index contributed by atoms with van der Waals surface area (Å²) >= 11 is 0. The zero-order valence-electron chi connectivity index (χ0n) is 15.3. The van der Waals surface area contributed by atoms with Gasteiger partial charge in [-0.1, -0.05) is 37.5 Å². The first-order valence-corrected chi connectivity index (χ1v) is 9.13. The Hall–Kier alpha value is -3.07. The van der Waals surface area contributed by atoms with Gasteiger partial charge >= 0.3 is 0 Å². The van der Waals surface area contributed by atoms with Crippen LogP contribution in [0.3, 0.4) is 0 Å². The van der Waals surface area contributed by atoms with Gasteiger partial charge in [-0.2, -0.15) is 5.26 Å². The van der Waals surface area contributed by atoms with Gasteiger partial charge in [-0.3, -0.25) is 14.2 Å². The molecule has 0 atom stereocenters. The Kier molecular flexibility index (Phi) is 5.60. The predicted octanol–water partition coefficient (Wildman–Crippen LogP) is 3.50. The molecule has 27 heavy (non-hydrogen) atoms. The van der Waals surface area contributed by atoms with Gasteiger partial charge in [-0.15, -0.1) is 0 Å². The fraction of sp³-hybridized carbons (Fsp3) is 0.381. The quantitative estimate of drug-likeness (QED) is 0.818. The number of carbonyl (C=O) groups excluding carboxylic acids is 1. The molecule has 1 fully saturated rings. The largest absolute Gasteiger partial charge is 0.494 e. The number of benzene rings is 1. The lowest BCUT2D eigenvalue weighted by Gasteiger charge is -2.26. The third-order valence-corrected chi connectivity index (χ3v) is 5.08. The van der Waals surface area contributed by atoms with E-state index in [1.807, 2.05) is 12.1 Å². The Bertz CT molecular complexity index is 935. The van der Waals surface area contributed by atoms with Crippen molar-refractivity contribution in [3.05, 3.63) is 57.4 Å². The van der Waals surface area contributed by atoms with Crippen LogP contribution in [0.25, 0.3) is 0 Å². The summed E-state index contributed by atoms with van der Waals surface area (Å²) in [4.78, 5) is 25.5. The van der Waals surface area contributed by atoms with Crippen molar-refractivity contribution >= 4 is 5.78 Å². The highest BCUT2D eigenvalue weighted by molar-refractivity contribution is 6.01. The molecule has 0 amide bonds. The highest BCUT2D eigenvalue weighted by Gasteiger charge is 2.28. The van der Waals surface area contributed by atoms with Crippen molar-refractivity contribution in [3.63, 3.8) is 0 Å². The minimum absolute atomic E-state index is 0.00680. The zero-order valence-corrected chi connectivity index (χ0v) is 15.3. The van der Waals surface area contributed by atoms with E-state index < -0.39 is 11.3 Å². The van der Waals surface area contributed by atoms with E-state index in [-0.39, 0.29) is 35.2 Å². The van der Waals surface area contributed by atoms with Crippen molar-refractivity contribution in [1.29, 1.82) is 5.26 Å². The van der Waals surface area contributed by atoms with Gasteiger partial charge in [0.1, 0.15) is 17.4 Å². The van der Waals surface area contributed by atoms with Crippen LogP contribution in [0.15, 0.2) is 35.1 Å². The summed E-state index contributed by atoms with van der Waals surface area (Å²) in [5, 5.41) is 20.2. The lowest BCUT2D eigenvalue weighted by Crippen LogP contribution is -2.31. The number of Topliss-reactive ketones (excluding diaryl/α,β-unsaturated/α-hetero) is 1. The van der Waals surface area contributed by atoms with Crippen LogP contribution >= 0.6 is 0 Å². The van der Waals surface area contributed by atoms with E-state index in [0.717, 1.165) is 32.1 Å². The van der Waals surface area contributed by atoms with Crippen LogP contribution in [0.5, 0.6) is 11.6 Å². The van der Waals surface area contributed by atoms with Crippen molar-refractivity contribution in [2.75, 3.05) is 6.61 Å². The molecule has 1 heterocycles. The Morgan fingerprint density at radius 2 is 1.93 bits per heavy atom. The zero-order chi connectivity index (χ0) is 19.4. The summed E-state index contributed by atoms with van der Waals surface area (Å²) in [5.41, 5.74) is -0.428. The summed E-state index contributed by atoms with van der Waals surface area (Å²) in [7, 11) is 0. The Morgan fingerprint density at radius 3 is 2.56 bits per heavy atom. The summed E-state index contributed by atoms with van der Waals surface area (Å²) in [5.74, 6) is -0.288. The van der Waals surface area contributed by atoms with Crippen molar-refractivity contribution < 1.29 is 14.6 Å². The Labute approximate surface area is 157 Å². The van der Waals surface area contributed by atoms with Gasteiger partial charge in [0, 0.05) is 6.04 Å². The van der Waals surface area contributed by atoms with E-state index in [9.17, 15) is 20.0 Å². The summed E-state index contributed by atoms with van der Waals surface area (Å²) in [6.07, 6.45) is 4.48. The minimum Gasteiger partial charge on any atom is -0.494 e. The molecule has 3 rings (SSSR count). The van der Waals surface area contributed by atoms with Gasteiger partial charge in [0.05, 0.1) is 5.56 Å². The standard InChI is InChI=1S/C21H22N2O4/c1-14-17(12-22)20(25)23(15-8-4-2-5-9-15)21(26)19(14)18(24)13-27-16-10-6-3-7-11-16/h3,6-7,10-11,15,26H,2,4-5,8-9,13H2,1H3. The molecule has 6 nitrogen and oxygen atoms in total. The second-order valence-corrected chi connectivity index (χ2v) is 6.80. The number of nitriles is 1. The molecule has 0 aliphatic heterocycles. The number of carbonyl (C=O) groups is 1. The van der Waals surface area contributed by atoms with Gasteiger partial charge in [-0.05, 0) is 37.5 Å². The first-order valence-electron chi connectivity index (χ1n) is 9.13. The van der Waals surface area contributed by atoms with Crippen molar-refractivity contribution in [2.24, 2.45) is 0 Å². The number of ketones is 1. The molecule has 0 spiro atoms. The van der Waals surface area contributed by atoms with Crippen LogP contribution in [0, 0.1) is 18.3 Å². The number of para-hydroxylation sites is 1. The molecular formula is C21H22N2O4. The molecule has 0 unspecified atom stereocenters. The van der Waals surface area contributed by atoms with Gasteiger partial charge in [-0.25, -0.2) is 0 Å². The number of pyridine rings is 1. The average molecular weight is 366 g/mol. The first kappa shape index (κ1) is 18.7. The van der Waals surface area contributed by atoms with E-state index in [1.54, 1.807) is 24.3 Å². The van der Waals surface area contributed by atoms with E-state index >= 15 is 0 Å². The van der Waals surface area contributed by atoms with Gasteiger partial charge in [0.15, 0.2) is 6.61 Å². The monoisotopic (exact) mass is 366 g/mol. The molecule has 1 aliphatic carbocycles. The van der Waals surface area contributed by atoms with E-state index in [2.05, 4.69) is 0 Å². The third kappa shape index (κ3) is 3.72. The fourth-order valence-corrected chi connectivity index (χ4v) is 3.67. The number of aromatic hydroxyl groups is 1. The summed E-state index contributed by atoms with van der Waals surface area (Å²) < 4.78 is 6.73. The van der Waals surface area contributed by atoms with Crippen LogP contribution in [0.2, 0.25) is 0 Å². The molecule has 0 bridgehead atoms. The predicted molar refractivity (Wildman–Crippen MR) is 100 cm³/mol. The number of ether oxygens (including phenoxy) is 1. The maximum absolute atomic E-state index is 12.8. The molecule has 2 aromatic rings. The highest BCUT2D eigenvalue weighted by atomic mass is 16.5. The maximum atomic E-state index is 12.8. The summed E-state index contributed by atoms with van der Waals surface area (Å²) in [6, 6.07) is 10.6. The lowest BCUT2D eigenvalue weighted by atomic mass is 9.93. The second kappa shape index (κ2) is 8.09. The molecule has 6 heteroatoms. The molecule has 140 valence electrons. The minimum atomic E-state index is -0.528. The van der Waals surface area contributed by atoms with Crippen LogP contribution in [-0.2, 0) is 0 Å². The average Bonchev–Trinajstić information content (AvgIpc) is 2.68. The maximum Gasteiger partial charge on any atom is 0.271 e. The van der Waals surface area contributed by atoms with Crippen LogP contribution < -0.4 is 10.3 Å². The molecule has 1 N–H and O–H groups in total. The fourth-order valence-electron chi connectivity index (χ4n) is 3.67. The number of rotatable bonds is 5. The van der Waals surface area contributed by atoms with Crippen molar-refractivity contribution in [1.82, 2.24) is 4.57 Å². The van der Waals surface area contributed by atoms with Crippen molar-refractivity contribution in [3.8, 4) is 17.7 Å². The molecule has 0 saturated heterocycles. The number of nitrogens with zero attached hydrogens (tertiary/aromatic N) is 2. The molecule has 1 aromatic carbocycles. The van der Waals surface area contributed by atoms with E-state index in [1.165, 1.54) is 11.5 Å².